The monoisotopic (exact) mass is 431 g/mol. The fourth-order valence-corrected chi connectivity index (χ4v) is 3.54. The molecule has 0 bridgehead atoms. The van der Waals surface area contributed by atoms with Crippen LogP contribution in [0.25, 0.3) is 0 Å². The zero-order chi connectivity index (χ0) is 22.3. The van der Waals surface area contributed by atoms with Crippen LogP contribution >= 0.6 is 0 Å². The summed E-state index contributed by atoms with van der Waals surface area (Å²) in [6.45, 7) is 0.468. The molecular weight excluding hydrogens is 405 g/mol. The molecule has 0 heterocycles. The molecule has 1 saturated carbocycles. The number of carbonyl (C=O) groups is 2. The number of halogens is 1. The number of nitrogens with one attached hydrogen (secondary N) is 3. The standard InChI is InChI=1S/C26H26FN3O2/c27-22-13-11-20(12-14-22)25(19-6-2-1-3-7-19)29-17-24(31)28-16-18-5-4-8-23(15-18)30-26(32)21-9-10-21/h1-8,11-15,21,25,29H,9-10,16-17H2,(H,28,31)(H,30,32). The molecule has 0 aromatic heterocycles. The van der Waals surface area contributed by atoms with Crippen molar-refractivity contribution in [2.24, 2.45) is 5.92 Å². The predicted octanol–water partition coefficient (Wildman–Crippen LogP) is 4.17. The van der Waals surface area contributed by atoms with Crippen LogP contribution in [0.5, 0.6) is 0 Å². The number of carbonyl (C=O) groups excluding carboxylic acids is 2. The SMILES string of the molecule is O=C(CNC(c1ccccc1)c1ccc(F)cc1)NCc1cccc(NC(=O)C2CC2)c1. The molecule has 1 fully saturated rings. The molecule has 5 nitrogen and oxygen atoms in total. The van der Waals surface area contributed by atoms with E-state index in [0.29, 0.717) is 6.54 Å². The number of anilines is 1. The topological polar surface area (TPSA) is 70.2 Å². The molecule has 0 aliphatic heterocycles. The Morgan fingerprint density at radius 1 is 0.906 bits per heavy atom. The van der Waals surface area contributed by atoms with Gasteiger partial charge < -0.3 is 10.6 Å². The van der Waals surface area contributed by atoms with Gasteiger partial charge in [0.2, 0.25) is 11.8 Å². The third-order valence-electron chi connectivity index (χ3n) is 5.44. The minimum atomic E-state index is -0.297. The molecule has 1 aliphatic carbocycles. The molecule has 4 rings (SSSR count). The van der Waals surface area contributed by atoms with Gasteiger partial charge in [-0.2, -0.15) is 0 Å². The third kappa shape index (κ3) is 6.02. The van der Waals surface area contributed by atoms with Crippen LogP contribution in [0, 0.1) is 11.7 Å². The summed E-state index contributed by atoms with van der Waals surface area (Å²) in [6, 6.07) is 23.3. The molecule has 1 aliphatic rings. The second-order valence-corrected chi connectivity index (χ2v) is 8.02. The van der Waals surface area contributed by atoms with Gasteiger partial charge in [0.25, 0.3) is 0 Å². The highest BCUT2D eigenvalue weighted by atomic mass is 19.1. The van der Waals surface area contributed by atoms with E-state index in [-0.39, 0.29) is 36.1 Å². The van der Waals surface area contributed by atoms with Crippen molar-refractivity contribution in [1.29, 1.82) is 0 Å². The normalized spacial score (nSPS) is 13.9. The molecule has 0 saturated heterocycles. The second kappa shape index (κ2) is 10.2. The fourth-order valence-electron chi connectivity index (χ4n) is 3.54. The number of rotatable bonds is 9. The maximum atomic E-state index is 13.4. The van der Waals surface area contributed by atoms with Gasteiger partial charge in [-0.15, -0.1) is 0 Å². The van der Waals surface area contributed by atoms with Crippen LogP contribution in [0.15, 0.2) is 78.9 Å². The van der Waals surface area contributed by atoms with Gasteiger partial charge in [0.05, 0.1) is 12.6 Å². The van der Waals surface area contributed by atoms with Gasteiger partial charge in [-0.3, -0.25) is 14.9 Å². The Kier molecular flexibility index (Phi) is 6.92. The van der Waals surface area contributed by atoms with Gasteiger partial charge in [-0.25, -0.2) is 4.39 Å². The number of hydrogen-bond donors (Lipinski definition) is 3. The molecule has 0 radical (unpaired) electrons. The maximum absolute atomic E-state index is 13.4. The molecule has 3 aromatic rings. The fraction of sp³-hybridized carbons (Fsp3) is 0.231. The predicted molar refractivity (Wildman–Crippen MR) is 122 cm³/mol. The molecule has 164 valence electrons. The second-order valence-electron chi connectivity index (χ2n) is 8.02. The van der Waals surface area contributed by atoms with Crippen molar-refractivity contribution in [2.75, 3.05) is 11.9 Å². The van der Waals surface area contributed by atoms with E-state index in [0.717, 1.165) is 35.2 Å². The molecule has 1 atom stereocenters. The maximum Gasteiger partial charge on any atom is 0.234 e. The van der Waals surface area contributed by atoms with Gasteiger partial charge in [0.1, 0.15) is 5.82 Å². The molecule has 6 heteroatoms. The van der Waals surface area contributed by atoms with Crippen LogP contribution in [0.1, 0.15) is 35.6 Å². The first kappa shape index (κ1) is 21.7. The highest BCUT2D eigenvalue weighted by Crippen LogP contribution is 2.30. The van der Waals surface area contributed by atoms with Gasteiger partial charge in [0, 0.05) is 18.2 Å². The van der Waals surface area contributed by atoms with Crippen molar-refractivity contribution in [2.45, 2.75) is 25.4 Å². The van der Waals surface area contributed by atoms with Crippen molar-refractivity contribution in [3.8, 4) is 0 Å². The molecule has 3 N–H and O–H groups in total. The number of hydrogen-bond acceptors (Lipinski definition) is 3. The van der Waals surface area contributed by atoms with Crippen LogP contribution in [0.4, 0.5) is 10.1 Å². The summed E-state index contributed by atoms with van der Waals surface area (Å²) < 4.78 is 13.4. The van der Waals surface area contributed by atoms with Gasteiger partial charge >= 0.3 is 0 Å². The van der Waals surface area contributed by atoms with E-state index in [1.807, 2.05) is 54.6 Å². The summed E-state index contributed by atoms with van der Waals surface area (Å²) in [5.41, 5.74) is 3.52. The summed E-state index contributed by atoms with van der Waals surface area (Å²) in [7, 11) is 0. The van der Waals surface area contributed by atoms with Gasteiger partial charge in [0.15, 0.2) is 0 Å². The van der Waals surface area contributed by atoms with Crippen LogP contribution in [-0.4, -0.2) is 18.4 Å². The lowest BCUT2D eigenvalue weighted by Gasteiger charge is -2.20. The Labute approximate surface area is 187 Å². The summed E-state index contributed by atoms with van der Waals surface area (Å²) in [5, 5.41) is 9.10. The number of amides is 2. The Balaban J connectivity index is 1.33. The van der Waals surface area contributed by atoms with Crippen LogP contribution in [0.3, 0.4) is 0 Å². The van der Waals surface area contributed by atoms with E-state index in [1.54, 1.807) is 12.1 Å². The van der Waals surface area contributed by atoms with Crippen molar-refractivity contribution in [3.05, 3.63) is 101 Å². The zero-order valence-electron chi connectivity index (χ0n) is 17.7. The van der Waals surface area contributed by atoms with Gasteiger partial charge in [-0.05, 0) is 53.8 Å². The summed E-state index contributed by atoms with van der Waals surface area (Å²) in [5.74, 6) is -0.249. The molecule has 32 heavy (non-hydrogen) atoms. The summed E-state index contributed by atoms with van der Waals surface area (Å²) in [6.07, 6.45) is 1.91. The Bertz CT molecular complexity index is 1070. The third-order valence-corrected chi connectivity index (χ3v) is 5.44. The molecule has 1 unspecified atom stereocenters. The quantitative estimate of drug-likeness (QED) is 0.476. The van der Waals surface area contributed by atoms with Crippen LogP contribution in [0.2, 0.25) is 0 Å². The van der Waals surface area contributed by atoms with E-state index in [2.05, 4.69) is 16.0 Å². The molecular formula is C26H26FN3O2. The average molecular weight is 432 g/mol. The first-order valence-corrected chi connectivity index (χ1v) is 10.8. The molecule has 3 aromatic carbocycles. The zero-order valence-corrected chi connectivity index (χ0v) is 17.7. The molecule has 0 spiro atoms. The lowest BCUT2D eigenvalue weighted by atomic mass is 9.98. The van der Waals surface area contributed by atoms with E-state index in [1.165, 1.54) is 12.1 Å². The first-order valence-electron chi connectivity index (χ1n) is 10.8. The van der Waals surface area contributed by atoms with Crippen molar-refractivity contribution in [1.82, 2.24) is 10.6 Å². The van der Waals surface area contributed by atoms with Crippen molar-refractivity contribution >= 4 is 17.5 Å². The Morgan fingerprint density at radius 3 is 2.34 bits per heavy atom. The number of benzene rings is 3. The van der Waals surface area contributed by atoms with E-state index in [4.69, 9.17) is 0 Å². The van der Waals surface area contributed by atoms with Gasteiger partial charge in [-0.1, -0.05) is 54.6 Å². The summed E-state index contributed by atoms with van der Waals surface area (Å²) >= 11 is 0. The van der Waals surface area contributed by atoms with Crippen LogP contribution < -0.4 is 16.0 Å². The lowest BCUT2D eigenvalue weighted by Crippen LogP contribution is -2.35. The van der Waals surface area contributed by atoms with E-state index >= 15 is 0 Å². The summed E-state index contributed by atoms with van der Waals surface area (Å²) in [4.78, 5) is 24.4. The smallest absolute Gasteiger partial charge is 0.234 e. The Morgan fingerprint density at radius 2 is 1.62 bits per heavy atom. The lowest BCUT2D eigenvalue weighted by molar-refractivity contribution is -0.120. The van der Waals surface area contributed by atoms with Crippen molar-refractivity contribution < 1.29 is 14.0 Å². The van der Waals surface area contributed by atoms with Crippen molar-refractivity contribution in [3.63, 3.8) is 0 Å². The van der Waals surface area contributed by atoms with E-state index < -0.39 is 0 Å². The molecule has 2 amide bonds. The van der Waals surface area contributed by atoms with E-state index in [9.17, 15) is 14.0 Å². The highest BCUT2D eigenvalue weighted by molar-refractivity contribution is 5.94. The highest BCUT2D eigenvalue weighted by Gasteiger charge is 2.29. The van der Waals surface area contributed by atoms with Crippen LogP contribution in [-0.2, 0) is 16.1 Å². The minimum absolute atomic E-state index is 0.0585. The largest absolute Gasteiger partial charge is 0.351 e. The first-order chi connectivity index (χ1) is 15.6. The minimum Gasteiger partial charge on any atom is -0.351 e. The average Bonchev–Trinajstić information content (AvgIpc) is 3.66. The Hall–Kier alpha value is -3.51.